The Labute approximate surface area is 92.6 Å². The van der Waals surface area contributed by atoms with Crippen LogP contribution < -0.4 is 5.32 Å². The quantitative estimate of drug-likeness (QED) is 0.662. The van der Waals surface area contributed by atoms with E-state index in [9.17, 15) is 0 Å². The molecule has 1 N–H and O–H groups in total. The third kappa shape index (κ3) is 6.26. The number of unbranched alkanes of at least 4 members (excludes halogenated alkanes) is 1. The van der Waals surface area contributed by atoms with Gasteiger partial charge in [0, 0.05) is 19.8 Å². The molecule has 0 unspecified atom stereocenters. The highest BCUT2D eigenvalue weighted by Crippen LogP contribution is 1.97. The first-order valence-electron chi connectivity index (χ1n) is 5.76. The Balaban J connectivity index is 1.93. The first-order chi connectivity index (χ1) is 7.43. The van der Waals surface area contributed by atoms with Gasteiger partial charge in [0.2, 0.25) is 0 Å². The van der Waals surface area contributed by atoms with Crippen molar-refractivity contribution in [3.8, 4) is 0 Å². The van der Waals surface area contributed by atoms with Gasteiger partial charge in [-0.2, -0.15) is 0 Å². The van der Waals surface area contributed by atoms with Crippen LogP contribution in [0.5, 0.6) is 0 Å². The fraction of sp³-hybridized carbons (Fsp3) is 0.538. The van der Waals surface area contributed by atoms with Crippen LogP contribution in [0.25, 0.3) is 0 Å². The summed E-state index contributed by atoms with van der Waals surface area (Å²) in [5, 5.41) is 3.42. The first-order valence-corrected chi connectivity index (χ1v) is 5.76. The summed E-state index contributed by atoms with van der Waals surface area (Å²) >= 11 is 0. The Bertz CT molecular complexity index is 236. The lowest BCUT2D eigenvalue weighted by molar-refractivity contribution is 0.143. The van der Waals surface area contributed by atoms with Gasteiger partial charge in [-0.3, -0.25) is 0 Å². The molecule has 1 aromatic carbocycles. The third-order valence-corrected chi connectivity index (χ3v) is 2.27. The fourth-order valence-electron chi connectivity index (χ4n) is 1.43. The van der Waals surface area contributed by atoms with Gasteiger partial charge in [-0.25, -0.2) is 0 Å². The van der Waals surface area contributed by atoms with Crippen LogP contribution in [0.1, 0.15) is 25.3 Å². The third-order valence-electron chi connectivity index (χ3n) is 2.27. The Morgan fingerprint density at radius 3 is 2.67 bits per heavy atom. The smallest absolute Gasteiger partial charge is 0.0466 e. The molecule has 2 heteroatoms. The van der Waals surface area contributed by atoms with Crippen molar-refractivity contribution in [2.24, 2.45) is 0 Å². The van der Waals surface area contributed by atoms with Crippen LogP contribution in [0, 0.1) is 0 Å². The lowest BCUT2D eigenvalue weighted by Gasteiger charge is -2.04. The van der Waals surface area contributed by atoms with E-state index in [-0.39, 0.29) is 0 Å². The highest BCUT2D eigenvalue weighted by atomic mass is 16.5. The fourth-order valence-corrected chi connectivity index (χ4v) is 1.43. The molecule has 0 heterocycles. The second kappa shape index (κ2) is 8.45. The van der Waals surface area contributed by atoms with E-state index in [4.69, 9.17) is 4.74 Å². The van der Waals surface area contributed by atoms with Gasteiger partial charge >= 0.3 is 0 Å². The van der Waals surface area contributed by atoms with E-state index < -0.39 is 0 Å². The molecular weight excluding hydrogens is 186 g/mol. The molecule has 1 aromatic rings. The summed E-state index contributed by atoms with van der Waals surface area (Å²) in [4.78, 5) is 0. The highest BCUT2D eigenvalue weighted by molar-refractivity contribution is 5.14. The van der Waals surface area contributed by atoms with E-state index >= 15 is 0 Å². The Hall–Kier alpha value is -0.860. The van der Waals surface area contributed by atoms with Crippen LogP contribution in [-0.4, -0.2) is 19.8 Å². The molecule has 0 aliphatic rings. The zero-order valence-electron chi connectivity index (χ0n) is 9.54. The summed E-state index contributed by atoms with van der Waals surface area (Å²) in [6, 6.07) is 10.5. The van der Waals surface area contributed by atoms with Crippen LogP contribution in [0.4, 0.5) is 0 Å². The van der Waals surface area contributed by atoms with Crippen molar-refractivity contribution in [1.82, 2.24) is 5.32 Å². The second-order valence-electron chi connectivity index (χ2n) is 3.57. The lowest BCUT2D eigenvalue weighted by atomic mass is 10.2. The van der Waals surface area contributed by atoms with Gasteiger partial charge in [-0.05, 0) is 31.9 Å². The summed E-state index contributed by atoms with van der Waals surface area (Å²) in [7, 11) is 0. The van der Waals surface area contributed by atoms with Gasteiger partial charge in [-0.1, -0.05) is 30.3 Å². The monoisotopic (exact) mass is 207 g/mol. The molecule has 0 fully saturated rings. The average Bonchev–Trinajstić information content (AvgIpc) is 2.29. The van der Waals surface area contributed by atoms with E-state index in [2.05, 4.69) is 29.6 Å². The molecule has 0 radical (unpaired) electrons. The zero-order chi connectivity index (χ0) is 10.8. The summed E-state index contributed by atoms with van der Waals surface area (Å²) in [5.74, 6) is 0. The molecule has 1 rings (SSSR count). The summed E-state index contributed by atoms with van der Waals surface area (Å²) < 4.78 is 5.27. The predicted octanol–water partition coefficient (Wildman–Crippen LogP) is 2.59. The molecule has 0 saturated carbocycles. The van der Waals surface area contributed by atoms with Crippen molar-refractivity contribution < 1.29 is 4.74 Å². The molecule has 0 spiro atoms. The van der Waals surface area contributed by atoms with Crippen LogP contribution in [-0.2, 0) is 11.3 Å². The molecular formula is C13H21NO. The maximum absolute atomic E-state index is 5.27. The van der Waals surface area contributed by atoms with Gasteiger partial charge in [-0.15, -0.1) is 0 Å². The van der Waals surface area contributed by atoms with E-state index in [0.717, 1.165) is 32.7 Å². The minimum absolute atomic E-state index is 0.831. The Morgan fingerprint density at radius 1 is 1.13 bits per heavy atom. The normalized spacial score (nSPS) is 10.5. The molecule has 0 amide bonds. The number of nitrogens with one attached hydrogen (secondary N) is 1. The SMILES string of the molecule is CCOCCCCNCc1ccccc1. The highest BCUT2D eigenvalue weighted by Gasteiger charge is 1.91. The van der Waals surface area contributed by atoms with Crippen molar-refractivity contribution in [3.63, 3.8) is 0 Å². The average molecular weight is 207 g/mol. The Kier molecular flexibility index (Phi) is 6.88. The molecule has 0 aliphatic carbocycles. The molecule has 84 valence electrons. The Morgan fingerprint density at radius 2 is 1.93 bits per heavy atom. The van der Waals surface area contributed by atoms with E-state index in [1.54, 1.807) is 0 Å². The molecule has 0 atom stereocenters. The van der Waals surface area contributed by atoms with Crippen molar-refractivity contribution in [3.05, 3.63) is 35.9 Å². The van der Waals surface area contributed by atoms with Crippen molar-refractivity contribution in [2.45, 2.75) is 26.3 Å². The van der Waals surface area contributed by atoms with Gasteiger partial charge in [0.1, 0.15) is 0 Å². The van der Waals surface area contributed by atoms with Crippen molar-refractivity contribution >= 4 is 0 Å². The molecule has 0 aliphatic heterocycles. The van der Waals surface area contributed by atoms with Crippen LogP contribution in [0.2, 0.25) is 0 Å². The zero-order valence-corrected chi connectivity index (χ0v) is 9.54. The number of rotatable bonds is 8. The number of hydrogen-bond donors (Lipinski definition) is 1. The van der Waals surface area contributed by atoms with Gasteiger partial charge in [0.05, 0.1) is 0 Å². The largest absolute Gasteiger partial charge is 0.382 e. The summed E-state index contributed by atoms with van der Waals surface area (Å²) in [6.45, 7) is 5.80. The van der Waals surface area contributed by atoms with Crippen LogP contribution >= 0.6 is 0 Å². The molecule has 0 bridgehead atoms. The standard InChI is InChI=1S/C13H21NO/c1-2-15-11-7-6-10-14-12-13-8-4-3-5-9-13/h3-5,8-9,14H,2,6-7,10-12H2,1H3. The molecule has 0 aromatic heterocycles. The van der Waals surface area contributed by atoms with Crippen molar-refractivity contribution in [2.75, 3.05) is 19.8 Å². The maximum atomic E-state index is 5.27. The van der Waals surface area contributed by atoms with Gasteiger partial charge in [0.15, 0.2) is 0 Å². The number of ether oxygens (including phenoxy) is 1. The van der Waals surface area contributed by atoms with E-state index in [1.165, 1.54) is 12.0 Å². The lowest BCUT2D eigenvalue weighted by Crippen LogP contribution is -2.15. The van der Waals surface area contributed by atoms with Crippen LogP contribution in [0.15, 0.2) is 30.3 Å². The maximum Gasteiger partial charge on any atom is 0.0466 e. The topological polar surface area (TPSA) is 21.3 Å². The van der Waals surface area contributed by atoms with Gasteiger partial charge in [0.25, 0.3) is 0 Å². The second-order valence-corrected chi connectivity index (χ2v) is 3.57. The van der Waals surface area contributed by atoms with Gasteiger partial charge < -0.3 is 10.1 Å². The number of hydrogen-bond acceptors (Lipinski definition) is 2. The van der Waals surface area contributed by atoms with E-state index in [1.807, 2.05) is 13.0 Å². The van der Waals surface area contributed by atoms with Crippen LogP contribution in [0.3, 0.4) is 0 Å². The number of benzene rings is 1. The summed E-state index contributed by atoms with van der Waals surface area (Å²) in [6.07, 6.45) is 2.34. The molecule has 0 saturated heterocycles. The predicted molar refractivity (Wildman–Crippen MR) is 63.9 cm³/mol. The summed E-state index contributed by atoms with van der Waals surface area (Å²) in [5.41, 5.74) is 1.35. The molecule has 2 nitrogen and oxygen atoms in total. The minimum Gasteiger partial charge on any atom is -0.382 e. The van der Waals surface area contributed by atoms with E-state index in [0.29, 0.717) is 0 Å². The minimum atomic E-state index is 0.831. The van der Waals surface area contributed by atoms with Crippen molar-refractivity contribution in [1.29, 1.82) is 0 Å². The molecule has 15 heavy (non-hydrogen) atoms. The first kappa shape index (κ1) is 12.2.